The number of hydrogen-bond donors (Lipinski definition) is 2. The van der Waals surface area contributed by atoms with Gasteiger partial charge in [-0.05, 0) is 68.2 Å². The fourth-order valence-corrected chi connectivity index (χ4v) is 7.25. The molecule has 0 radical (unpaired) electrons. The lowest BCUT2D eigenvalue weighted by Gasteiger charge is -2.38. The summed E-state index contributed by atoms with van der Waals surface area (Å²) in [5.41, 5.74) is 4.02. The first-order chi connectivity index (χ1) is 22.9. The molecule has 2 bridgehead atoms. The smallest absolute Gasteiger partial charge is 0.323 e. The van der Waals surface area contributed by atoms with Gasteiger partial charge in [-0.3, -0.25) is 14.6 Å². The molecule has 8 rings (SSSR count). The number of amides is 3. The highest BCUT2D eigenvalue weighted by Gasteiger charge is 2.38. The average molecular weight is 634 g/mol. The zero-order valence-electron chi connectivity index (χ0n) is 26.0. The molecule has 3 fully saturated rings. The van der Waals surface area contributed by atoms with Crippen molar-refractivity contribution in [2.24, 2.45) is 13.0 Å². The molecule has 4 aliphatic heterocycles. The molecule has 0 aliphatic carbocycles. The van der Waals surface area contributed by atoms with E-state index in [1.807, 2.05) is 28.8 Å². The minimum Gasteiger partial charge on any atom is -0.452 e. The Morgan fingerprint density at radius 1 is 0.979 bits per heavy atom. The number of nitrogens with zero attached hydrogens (tertiary/aromatic N) is 5. The highest BCUT2D eigenvalue weighted by Crippen LogP contribution is 2.38. The number of likely N-dealkylation sites (tertiary alicyclic amines) is 1. The summed E-state index contributed by atoms with van der Waals surface area (Å²) in [4.78, 5) is 52.4. The molecule has 1 aromatic carbocycles. The van der Waals surface area contributed by atoms with Crippen LogP contribution in [0.1, 0.15) is 41.6 Å². The third-order valence-corrected chi connectivity index (χ3v) is 9.54. The number of aryl methyl sites for hydroxylation is 1. The van der Waals surface area contributed by atoms with Crippen molar-refractivity contribution in [3.63, 3.8) is 0 Å². The monoisotopic (exact) mass is 633 g/mol. The molecule has 4 aromatic rings. The van der Waals surface area contributed by atoms with Gasteiger partial charge in [-0.1, -0.05) is 0 Å². The number of piperidine rings is 1. The highest BCUT2D eigenvalue weighted by molar-refractivity contribution is 6.16. The minimum absolute atomic E-state index is 0.0160. The highest BCUT2D eigenvalue weighted by atomic mass is 16.5. The number of rotatable bonds is 5. The maximum atomic E-state index is 13.5. The van der Waals surface area contributed by atoms with Crippen LogP contribution in [-0.4, -0.2) is 75.5 Å². The van der Waals surface area contributed by atoms with Crippen LogP contribution in [0.2, 0.25) is 0 Å². The van der Waals surface area contributed by atoms with Gasteiger partial charge in [-0.2, -0.15) is 0 Å². The van der Waals surface area contributed by atoms with Crippen LogP contribution < -0.4 is 20.3 Å². The number of carbonyl (C=O) groups excluding carboxylic acids is 3. The van der Waals surface area contributed by atoms with Gasteiger partial charge in [0.15, 0.2) is 5.76 Å². The number of anilines is 3. The molecule has 3 aromatic heterocycles. The van der Waals surface area contributed by atoms with Crippen LogP contribution in [-0.2, 0) is 16.6 Å². The second-order valence-electron chi connectivity index (χ2n) is 12.7. The van der Waals surface area contributed by atoms with Crippen LogP contribution in [0.3, 0.4) is 0 Å². The number of fused-ring (bicyclic) bond motifs is 4. The maximum Gasteiger partial charge on any atom is 0.323 e. The van der Waals surface area contributed by atoms with Crippen LogP contribution in [0.25, 0.3) is 17.1 Å². The van der Waals surface area contributed by atoms with Gasteiger partial charge >= 0.3 is 6.03 Å². The number of aromatic nitrogens is 3. The molecule has 0 saturated carbocycles. The number of morpholine rings is 1. The van der Waals surface area contributed by atoms with Crippen molar-refractivity contribution in [1.29, 1.82) is 0 Å². The summed E-state index contributed by atoms with van der Waals surface area (Å²) >= 11 is 0. The van der Waals surface area contributed by atoms with E-state index in [0.717, 1.165) is 61.1 Å². The van der Waals surface area contributed by atoms with Crippen molar-refractivity contribution >= 4 is 51.9 Å². The van der Waals surface area contributed by atoms with Gasteiger partial charge in [-0.15, -0.1) is 0 Å². The Labute approximate surface area is 271 Å². The number of urea groups is 1. The van der Waals surface area contributed by atoms with E-state index in [0.29, 0.717) is 35.8 Å². The number of ether oxygens (including phenoxy) is 2. The summed E-state index contributed by atoms with van der Waals surface area (Å²) in [6.07, 6.45) is 12.7. The van der Waals surface area contributed by atoms with Crippen molar-refractivity contribution in [2.45, 2.75) is 37.9 Å². The number of benzene rings is 1. The second kappa shape index (κ2) is 11.8. The molecular formula is C35H35N7O5. The van der Waals surface area contributed by atoms with Crippen LogP contribution in [0, 0.1) is 5.92 Å². The largest absolute Gasteiger partial charge is 0.452 e. The summed E-state index contributed by atoms with van der Waals surface area (Å²) in [6.45, 7) is 2.93. The molecule has 3 saturated heterocycles. The lowest BCUT2D eigenvalue weighted by molar-refractivity contribution is -0.144. The van der Waals surface area contributed by atoms with Gasteiger partial charge in [0.2, 0.25) is 11.7 Å². The Kier molecular flexibility index (Phi) is 7.36. The molecule has 47 heavy (non-hydrogen) atoms. The first kappa shape index (κ1) is 29.2. The van der Waals surface area contributed by atoms with Crippen molar-refractivity contribution in [3.05, 3.63) is 78.1 Å². The van der Waals surface area contributed by atoms with Gasteiger partial charge in [0.25, 0.3) is 0 Å². The number of allylic oxidation sites excluding steroid dienone is 1. The van der Waals surface area contributed by atoms with Crippen molar-refractivity contribution in [2.75, 3.05) is 41.7 Å². The van der Waals surface area contributed by atoms with Gasteiger partial charge in [-0.25, -0.2) is 9.78 Å². The third kappa shape index (κ3) is 5.58. The number of Topliss-reactive ketones (excluding diaryl/α,β-unsaturated/α-hetero) is 1. The van der Waals surface area contributed by atoms with E-state index in [4.69, 9.17) is 9.47 Å². The van der Waals surface area contributed by atoms with E-state index < -0.39 is 6.03 Å². The van der Waals surface area contributed by atoms with Gasteiger partial charge in [0.1, 0.15) is 11.4 Å². The van der Waals surface area contributed by atoms with Gasteiger partial charge < -0.3 is 34.5 Å². The molecule has 4 aliphatic rings. The molecule has 2 N–H and O–H groups in total. The second-order valence-corrected chi connectivity index (χ2v) is 12.7. The number of nitrogens with one attached hydrogen (secondary N) is 2. The Bertz CT molecular complexity index is 1900. The molecule has 3 amide bonds. The van der Waals surface area contributed by atoms with Gasteiger partial charge in [0, 0.05) is 80.1 Å². The van der Waals surface area contributed by atoms with Gasteiger partial charge in [0.05, 0.1) is 29.7 Å². The summed E-state index contributed by atoms with van der Waals surface area (Å²) in [6, 6.07) is 10.0. The van der Waals surface area contributed by atoms with Crippen molar-refractivity contribution < 1.29 is 23.9 Å². The molecule has 2 unspecified atom stereocenters. The number of hydrogen-bond acceptors (Lipinski definition) is 8. The summed E-state index contributed by atoms with van der Waals surface area (Å²) in [7, 11) is 1.93. The first-order valence-electron chi connectivity index (χ1n) is 16.1. The first-order valence-corrected chi connectivity index (χ1v) is 16.1. The lowest BCUT2D eigenvalue weighted by Crippen LogP contribution is -2.49. The van der Waals surface area contributed by atoms with Crippen LogP contribution in [0.15, 0.2) is 66.9 Å². The van der Waals surface area contributed by atoms with Crippen molar-refractivity contribution in [3.8, 4) is 5.75 Å². The Morgan fingerprint density at radius 2 is 1.77 bits per heavy atom. The lowest BCUT2D eigenvalue weighted by atomic mass is 9.94. The van der Waals surface area contributed by atoms with Crippen LogP contribution in [0.5, 0.6) is 5.75 Å². The third-order valence-electron chi connectivity index (χ3n) is 9.54. The fourth-order valence-electron chi connectivity index (χ4n) is 7.25. The number of ketones is 1. The molecular weight excluding hydrogens is 598 g/mol. The predicted molar refractivity (Wildman–Crippen MR) is 176 cm³/mol. The van der Waals surface area contributed by atoms with E-state index in [-0.39, 0.29) is 35.6 Å². The molecule has 12 nitrogen and oxygen atoms in total. The minimum atomic E-state index is -0.447. The molecule has 0 spiro atoms. The summed E-state index contributed by atoms with van der Waals surface area (Å²) < 4.78 is 13.9. The molecule has 2 atom stereocenters. The fraction of sp³-hybridized carbons (Fsp3) is 0.343. The van der Waals surface area contributed by atoms with Crippen LogP contribution in [0.4, 0.5) is 21.9 Å². The predicted octanol–water partition coefficient (Wildman–Crippen LogP) is 4.83. The van der Waals surface area contributed by atoms with E-state index >= 15 is 0 Å². The Morgan fingerprint density at radius 3 is 2.53 bits per heavy atom. The molecule has 7 heterocycles. The number of carbonyl (C=O) groups is 3. The van der Waals surface area contributed by atoms with E-state index in [1.54, 1.807) is 55.0 Å². The van der Waals surface area contributed by atoms with E-state index in [2.05, 4.69) is 25.5 Å². The van der Waals surface area contributed by atoms with Crippen LogP contribution >= 0.6 is 0 Å². The Hall–Kier alpha value is -5.23. The summed E-state index contributed by atoms with van der Waals surface area (Å²) in [5, 5.41) is 6.40. The topological polar surface area (TPSA) is 131 Å². The summed E-state index contributed by atoms with van der Waals surface area (Å²) in [5.74, 6) is 0.636. The normalized spacial score (nSPS) is 21.6. The zero-order valence-corrected chi connectivity index (χ0v) is 26.0. The quantitative estimate of drug-likeness (QED) is 0.299. The van der Waals surface area contributed by atoms with E-state index in [9.17, 15) is 14.4 Å². The molecule has 240 valence electrons. The standard InChI is InChI=1S/C35H35N7O5/c1-40-18-22(15-30-32(43)27-16-23(4-7-29(27)47-30)38-35(45)39-24-3-2-11-36-17-24)31-28(8-12-37-33(31)40)41-13-9-21(10-14-41)34(44)42-19-25-5-6-26(20-42)46-25/h2-4,7-8,11-12,15-18,21,25-26H,5-6,9-10,13-14,19-20H2,1H3,(H2,38,39,45)/b30-15-. The molecule has 12 heteroatoms. The zero-order chi connectivity index (χ0) is 32.1. The number of pyridine rings is 2. The SMILES string of the molecule is Cn1cc(/C=C2\Oc3ccc(NC(=O)Nc4cccnc4)cc3C2=O)c2c(N3CCC(C(=O)N4CC5CCC(C4)O5)CC3)ccnc21. The Balaban J connectivity index is 0.989. The van der Waals surface area contributed by atoms with E-state index in [1.165, 1.54) is 0 Å². The maximum absolute atomic E-state index is 13.5. The van der Waals surface area contributed by atoms with Crippen molar-refractivity contribution in [1.82, 2.24) is 19.4 Å². The average Bonchev–Trinajstić information content (AvgIpc) is 3.71.